The van der Waals surface area contributed by atoms with Crippen LogP contribution in [-0.4, -0.2) is 35.4 Å². The molecule has 0 bridgehead atoms. The van der Waals surface area contributed by atoms with E-state index in [2.05, 4.69) is 24.8 Å². The Hall–Kier alpha value is -1.75. The second-order valence-corrected chi connectivity index (χ2v) is 7.14. The summed E-state index contributed by atoms with van der Waals surface area (Å²) in [6.07, 6.45) is 3.83. The molecule has 5 nitrogen and oxygen atoms in total. The minimum Gasteiger partial charge on any atom is -0.481 e. The molecule has 3 rings (SSSR count). The van der Waals surface area contributed by atoms with Gasteiger partial charge >= 0.3 is 5.97 Å². The molecule has 24 heavy (non-hydrogen) atoms. The van der Waals surface area contributed by atoms with E-state index in [9.17, 15) is 4.79 Å². The van der Waals surface area contributed by atoms with Crippen LogP contribution in [0.5, 0.6) is 11.5 Å². The first-order valence-corrected chi connectivity index (χ1v) is 8.89. The maximum absolute atomic E-state index is 11.1. The minimum atomic E-state index is -0.734. The summed E-state index contributed by atoms with van der Waals surface area (Å²) in [4.78, 5) is 13.4. The molecule has 1 heterocycles. The van der Waals surface area contributed by atoms with Crippen LogP contribution in [0.2, 0.25) is 0 Å². The van der Waals surface area contributed by atoms with Crippen LogP contribution < -0.4 is 9.47 Å². The van der Waals surface area contributed by atoms with E-state index < -0.39 is 5.97 Å². The van der Waals surface area contributed by atoms with Crippen molar-refractivity contribution < 1.29 is 19.4 Å². The lowest BCUT2D eigenvalue weighted by molar-refractivity contribution is -0.137. The zero-order valence-electron chi connectivity index (χ0n) is 14.5. The molecule has 2 aliphatic rings. The Balaban J connectivity index is 1.75. The molecule has 1 fully saturated rings. The number of carboxylic acids is 1. The van der Waals surface area contributed by atoms with Crippen LogP contribution in [0.1, 0.15) is 45.1 Å². The van der Waals surface area contributed by atoms with Crippen LogP contribution in [0.4, 0.5) is 0 Å². The van der Waals surface area contributed by atoms with E-state index in [0.29, 0.717) is 24.4 Å². The maximum atomic E-state index is 11.1. The monoisotopic (exact) mass is 333 g/mol. The molecule has 0 amide bonds. The molecular weight excluding hydrogens is 306 g/mol. The largest absolute Gasteiger partial charge is 0.481 e. The van der Waals surface area contributed by atoms with Crippen LogP contribution in [0.15, 0.2) is 18.2 Å². The highest BCUT2D eigenvalue weighted by molar-refractivity contribution is 5.66. The van der Waals surface area contributed by atoms with Gasteiger partial charge in [-0.25, -0.2) is 0 Å². The van der Waals surface area contributed by atoms with Gasteiger partial charge in [0, 0.05) is 19.1 Å². The van der Waals surface area contributed by atoms with Crippen molar-refractivity contribution >= 4 is 5.97 Å². The summed E-state index contributed by atoms with van der Waals surface area (Å²) in [6, 6.07) is 6.46. The number of nitrogens with zero attached hydrogens (tertiary/aromatic N) is 1. The SMILES string of the molecule is C[C@@H]1[C@H](C)CCC[C@H]1N(CCC(=O)O)Cc1ccc2c(c1)OCO2. The number of carboxylic acid groups (broad SMARTS) is 1. The fourth-order valence-corrected chi connectivity index (χ4v) is 3.94. The molecule has 1 aliphatic heterocycles. The number of carbonyl (C=O) groups is 1. The lowest BCUT2D eigenvalue weighted by Crippen LogP contribution is -2.44. The van der Waals surface area contributed by atoms with Crippen LogP contribution in [-0.2, 0) is 11.3 Å². The van der Waals surface area contributed by atoms with Crippen LogP contribution in [0, 0.1) is 11.8 Å². The average molecular weight is 333 g/mol. The Morgan fingerprint density at radius 1 is 1.25 bits per heavy atom. The number of ether oxygens (including phenoxy) is 2. The predicted octanol–water partition coefficient (Wildman–Crippen LogP) is 3.52. The van der Waals surface area contributed by atoms with E-state index in [1.54, 1.807) is 0 Å². The highest BCUT2D eigenvalue weighted by Gasteiger charge is 2.31. The zero-order valence-corrected chi connectivity index (χ0v) is 14.5. The molecule has 3 atom stereocenters. The third-order valence-corrected chi connectivity index (χ3v) is 5.57. The third-order valence-electron chi connectivity index (χ3n) is 5.57. The van der Waals surface area contributed by atoms with E-state index in [4.69, 9.17) is 14.6 Å². The molecule has 132 valence electrons. The molecule has 1 aromatic rings. The summed E-state index contributed by atoms with van der Waals surface area (Å²) in [7, 11) is 0. The van der Waals surface area contributed by atoms with Gasteiger partial charge in [0.2, 0.25) is 6.79 Å². The predicted molar refractivity (Wildman–Crippen MR) is 91.2 cm³/mol. The Kier molecular flexibility index (Phi) is 5.29. The van der Waals surface area contributed by atoms with Gasteiger partial charge in [-0.3, -0.25) is 9.69 Å². The Bertz CT molecular complexity index is 589. The van der Waals surface area contributed by atoms with Crippen molar-refractivity contribution in [1.29, 1.82) is 0 Å². The summed E-state index contributed by atoms with van der Waals surface area (Å²) >= 11 is 0. The van der Waals surface area contributed by atoms with Crippen LogP contribution >= 0.6 is 0 Å². The van der Waals surface area contributed by atoms with Gasteiger partial charge < -0.3 is 14.6 Å². The van der Waals surface area contributed by atoms with Gasteiger partial charge in [-0.15, -0.1) is 0 Å². The Morgan fingerprint density at radius 2 is 2.04 bits per heavy atom. The number of hydrogen-bond donors (Lipinski definition) is 1. The molecule has 0 aromatic heterocycles. The smallest absolute Gasteiger partial charge is 0.304 e. The van der Waals surface area contributed by atoms with Crippen molar-refractivity contribution in [3.63, 3.8) is 0 Å². The first kappa shape index (κ1) is 17.1. The van der Waals surface area contributed by atoms with Gasteiger partial charge in [0.15, 0.2) is 11.5 Å². The molecule has 5 heteroatoms. The lowest BCUT2D eigenvalue weighted by atomic mass is 9.77. The molecule has 0 saturated heterocycles. The molecule has 0 radical (unpaired) electrons. The van der Waals surface area contributed by atoms with Crippen LogP contribution in [0.25, 0.3) is 0 Å². The number of hydrogen-bond acceptors (Lipinski definition) is 4. The first-order valence-electron chi connectivity index (χ1n) is 8.89. The van der Waals surface area contributed by atoms with E-state index in [1.807, 2.05) is 12.1 Å². The van der Waals surface area contributed by atoms with Gasteiger partial charge in [-0.2, -0.15) is 0 Å². The molecule has 1 aliphatic carbocycles. The minimum absolute atomic E-state index is 0.183. The second-order valence-electron chi connectivity index (χ2n) is 7.14. The number of rotatable bonds is 6. The zero-order chi connectivity index (χ0) is 17.1. The number of aliphatic carboxylic acids is 1. The van der Waals surface area contributed by atoms with E-state index in [-0.39, 0.29) is 13.2 Å². The molecule has 0 spiro atoms. The quantitative estimate of drug-likeness (QED) is 0.863. The van der Waals surface area contributed by atoms with E-state index >= 15 is 0 Å². The fourth-order valence-electron chi connectivity index (χ4n) is 3.94. The van der Waals surface area contributed by atoms with E-state index in [0.717, 1.165) is 30.0 Å². The van der Waals surface area contributed by atoms with Gasteiger partial charge in [-0.1, -0.05) is 32.8 Å². The fraction of sp³-hybridized carbons (Fsp3) is 0.632. The number of fused-ring (bicyclic) bond motifs is 1. The maximum Gasteiger partial charge on any atom is 0.304 e. The summed E-state index contributed by atoms with van der Waals surface area (Å²) in [5, 5.41) is 9.11. The van der Waals surface area contributed by atoms with Crippen molar-refractivity contribution in [3.8, 4) is 11.5 Å². The van der Waals surface area contributed by atoms with E-state index in [1.165, 1.54) is 12.8 Å². The Morgan fingerprint density at radius 3 is 2.83 bits per heavy atom. The van der Waals surface area contributed by atoms with Gasteiger partial charge in [-0.05, 0) is 36.0 Å². The summed E-state index contributed by atoms with van der Waals surface area (Å²) < 4.78 is 10.8. The average Bonchev–Trinajstić information content (AvgIpc) is 3.02. The normalized spacial score (nSPS) is 25.9. The molecule has 1 saturated carbocycles. The van der Waals surface area contributed by atoms with Crippen molar-refractivity contribution in [2.24, 2.45) is 11.8 Å². The molecule has 1 N–H and O–H groups in total. The highest BCUT2D eigenvalue weighted by Crippen LogP contribution is 2.36. The molecular formula is C19H27NO4. The highest BCUT2D eigenvalue weighted by atomic mass is 16.7. The summed E-state index contributed by atoms with van der Waals surface area (Å²) in [5.41, 5.74) is 1.15. The molecule has 0 unspecified atom stereocenters. The second kappa shape index (κ2) is 7.43. The number of benzene rings is 1. The summed E-state index contributed by atoms with van der Waals surface area (Å²) in [6.45, 7) is 6.24. The lowest BCUT2D eigenvalue weighted by Gasteiger charge is -2.41. The van der Waals surface area contributed by atoms with Gasteiger partial charge in [0.05, 0.1) is 6.42 Å². The van der Waals surface area contributed by atoms with Crippen molar-refractivity contribution in [1.82, 2.24) is 4.90 Å². The first-order chi connectivity index (χ1) is 11.5. The standard InChI is InChI=1S/C19H27NO4/c1-13-4-3-5-16(14(13)2)20(9-8-19(21)22)11-15-6-7-17-18(10-15)24-12-23-17/h6-7,10,13-14,16H,3-5,8-9,11-12H2,1-2H3,(H,21,22)/t13-,14-,16-/m1/s1. The van der Waals surface area contributed by atoms with Crippen molar-refractivity contribution in [2.75, 3.05) is 13.3 Å². The van der Waals surface area contributed by atoms with Gasteiger partial charge in [0.1, 0.15) is 0 Å². The van der Waals surface area contributed by atoms with Crippen molar-refractivity contribution in [3.05, 3.63) is 23.8 Å². The van der Waals surface area contributed by atoms with Crippen LogP contribution in [0.3, 0.4) is 0 Å². The third kappa shape index (κ3) is 3.83. The topological polar surface area (TPSA) is 59.0 Å². The Labute approximate surface area is 143 Å². The van der Waals surface area contributed by atoms with Crippen molar-refractivity contribution in [2.45, 2.75) is 52.1 Å². The molecule has 1 aromatic carbocycles. The summed E-state index contributed by atoms with van der Waals surface area (Å²) in [5.74, 6) is 2.11. The van der Waals surface area contributed by atoms with Gasteiger partial charge in [0.25, 0.3) is 0 Å².